The van der Waals surface area contributed by atoms with Crippen LogP contribution in [0.1, 0.15) is 15.9 Å². The molecule has 0 aromatic heterocycles. The lowest BCUT2D eigenvalue weighted by molar-refractivity contribution is 0.0698. The number of carboxylic acids is 1. The zero-order valence-corrected chi connectivity index (χ0v) is 12.9. The summed E-state index contributed by atoms with van der Waals surface area (Å²) >= 11 is 9.49. The fourth-order valence-corrected chi connectivity index (χ4v) is 2.76. The topological polar surface area (TPSA) is 75.3 Å². The summed E-state index contributed by atoms with van der Waals surface area (Å²) in [4.78, 5) is 11.3. The van der Waals surface area contributed by atoms with Crippen LogP contribution in [-0.4, -0.2) is 11.1 Å². The molecule has 4 N–H and O–H groups in total. The first-order valence-corrected chi connectivity index (χ1v) is 6.90. The van der Waals surface area contributed by atoms with E-state index < -0.39 is 5.97 Å². The third-order valence-electron chi connectivity index (χ3n) is 2.65. The highest BCUT2D eigenvalue weighted by atomic mass is 79.9. The first-order valence-electron chi connectivity index (χ1n) is 5.73. The van der Waals surface area contributed by atoms with Gasteiger partial charge < -0.3 is 16.2 Å². The molecule has 0 unspecified atom stereocenters. The number of carboxylic acid groups (broad SMARTS) is 1. The largest absolute Gasteiger partial charge is 0.478 e. The molecular formula is C14H12BrClN2O2. The first kappa shape index (κ1) is 14.7. The molecule has 20 heavy (non-hydrogen) atoms. The van der Waals surface area contributed by atoms with E-state index in [9.17, 15) is 9.90 Å². The predicted octanol–water partition coefficient (Wildman–Crippen LogP) is 4.43. The van der Waals surface area contributed by atoms with E-state index in [1.54, 1.807) is 0 Å². The number of hydrogen-bond donors (Lipinski definition) is 3. The van der Waals surface area contributed by atoms with Gasteiger partial charge in [-0.05, 0) is 42.8 Å². The second-order valence-electron chi connectivity index (χ2n) is 4.37. The van der Waals surface area contributed by atoms with E-state index in [1.807, 2.05) is 25.1 Å². The van der Waals surface area contributed by atoms with Crippen molar-refractivity contribution in [1.29, 1.82) is 0 Å². The smallest absolute Gasteiger partial charge is 0.337 e. The van der Waals surface area contributed by atoms with Crippen molar-refractivity contribution < 1.29 is 9.90 Å². The van der Waals surface area contributed by atoms with Gasteiger partial charge in [0.1, 0.15) is 0 Å². The average molecular weight is 356 g/mol. The number of hydrogen-bond acceptors (Lipinski definition) is 3. The molecule has 6 heteroatoms. The Morgan fingerprint density at radius 1 is 1.30 bits per heavy atom. The van der Waals surface area contributed by atoms with Crippen LogP contribution in [0.25, 0.3) is 0 Å². The van der Waals surface area contributed by atoms with Crippen LogP contribution in [0.2, 0.25) is 5.02 Å². The minimum absolute atomic E-state index is 0.0348. The van der Waals surface area contributed by atoms with E-state index in [4.69, 9.17) is 17.3 Å². The summed E-state index contributed by atoms with van der Waals surface area (Å²) in [6.07, 6.45) is 0. The SMILES string of the molecule is Cc1cc(Br)cc(Nc2c(Cl)cc(N)cc2C(=O)O)c1. The Morgan fingerprint density at radius 2 is 2.00 bits per heavy atom. The lowest BCUT2D eigenvalue weighted by Gasteiger charge is -2.13. The zero-order chi connectivity index (χ0) is 14.9. The summed E-state index contributed by atoms with van der Waals surface area (Å²) in [6, 6.07) is 8.57. The van der Waals surface area contributed by atoms with Crippen molar-refractivity contribution in [1.82, 2.24) is 0 Å². The maximum atomic E-state index is 11.3. The van der Waals surface area contributed by atoms with E-state index in [0.717, 1.165) is 15.7 Å². The Morgan fingerprint density at radius 3 is 2.60 bits per heavy atom. The van der Waals surface area contributed by atoms with Crippen LogP contribution in [0.4, 0.5) is 17.1 Å². The van der Waals surface area contributed by atoms with Gasteiger partial charge in [-0.25, -0.2) is 4.79 Å². The third kappa shape index (κ3) is 3.23. The summed E-state index contributed by atoms with van der Waals surface area (Å²) in [5.41, 5.74) is 8.07. The zero-order valence-electron chi connectivity index (χ0n) is 10.6. The molecule has 0 fully saturated rings. The summed E-state index contributed by atoms with van der Waals surface area (Å²) in [7, 11) is 0. The highest BCUT2D eigenvalue weighted by Crippen LogP contribution is 2.33. The van der Waals surface area contributed by atoms with Gasteiger partial charge in [-0.1, -0.05) is 27.5 Å². The van der Waals surface area contributed by atoms with E-state index in [2.05, 4.69) is 21.2 Å². The fourth-order valence-electron chi connectivity index (χ4n) is 1.88. The monoisotopic (exact) mass is 354 g/mol. The van der Waals surface area contributed by atoms with Crippen LogP contribution >= 0.6 is 27.5 Å². The van der Waals surface area contributed by atoms with Crippen LogP contribution in [0.15, 0.2) is 34.8 Å². The maximum Gasteiger partial charge on any atom is 0.337 e. The molecule has 0 atom stereocenters. The van der Waals surface area contributed by atoms with Crippen LogP contribution in [-0.2, 0) is 0 Å². The molecule has 0 saturated carbocycles. The van der Waals surface area contributed by atoms with Gasteiger partial charge in [0.15, 0.2) is 0 Å². The average Bonchev–Trinajstić information content (AvgIpc) is 2.30. The van der Waals surface area contributed by atoms with E-state index in [1.165, 1.54) is 12.1 Å². The van der Waals surface area contributed by atoms with Crippen molar-refractivity contribution in [3.05, 3.63) is 51.0 Å². The minimum Gasteiger partial charge on any atom is -0.478 e. The van der Waals surface area contributed by atoms with Crippen LogP contribution in [0, 0.1) is 6.92 Å². The Bertz CT molecular complexity index is 669. The molecule has 0 spiro atoms. The first-order chi connectivity index (χ1) is 9.36. The van der Waals surface area contributed by atoms with Crippen molar-refractivity contribution in [2.45, 2.75) is 6.92 Å². The van der Waals surface area contributed by atoms with Gasteiger partial charge in [0, 0.05) is 15.8 Å². The van der Waals surface area contributed by atoms with Crippen molar-refractivity contribution in [2.75, 3.05) is 11.1 Å². The Labute approximate surface area is 129 Å². The molecule has 0 bridgehead atoms. The predicted molar refractivity (Wildman–Crippen MR) is 85.0 cm³/mol. The summed E-state index contributed by atoms with van der Waals surface area (Å²) in [5.74, 6) is -1.09. The van der Waals surface area contributed by atoms with Gasteiger partial charge in [-0.3, -0.25) is 0 Å². The van der Waals surface area contributed by atoms with Gasteiger partial charge in [0.05, 0.1) is 16.3 Å². The number of aryl methyl sites for hydroxylation is 1. The molecule has 0 saturated heterocycles. The molecular weight excluding hydrogens is 344 g/mol. The second-order valence-corrected chi connectivity index (χ2v) is 5.70. The van der Waals surface area contributed by atoms with Gasteiger partial charge >= 0.3 is 5.97 Å². The fraction of sp³-hybridized carbons (Fsp3) is 0.0714. The number of rotatable bonds is 3. The maximum absolute atomic E-state index is 11.3. The molecule has 0 aliphatic heterocycles. The van der Waals surface area contributed by atoms with Gasteiger partial charge in [0.25, 0.3) is 0 Å². The second kappa shape index (κ2) is 5.73. The minimum atomic E-state index is -1.09. The molecule has 2 aromatic rings. The Kier molecular flexibility index (Phi) is 4.20. The number of nitrogens with two attached hydrogens (primary N) is 1. The number of aromatic carboxylic acids is 1. The summed E-state index contributed by atoms with van der Waals surface area (Å²) in [5, 5.41) is 12.5. The lowest BCUT2D eigenvalue weighted by atomic mass is 10.1. The van der Waals surface area contributed by atoms with E-state index >= 15 is 0 Å². The van der Waals surface area contributed by atoms with Gasteiger partial charge in [-0.2, -0.15) is 0 Å². The Balaban J connectivity index is 2.50. The highest BCUT2D eigenvalue weighted by molar-refractivity contribution is 9.10. The molecule has 0 aliphatic carbocycles. The molecule has 0 radical (unpaired) electrons. The number of anilines is 3. The number of carbonyl (C=O) groups is 1. The summed E-state index contributed by atoms with van der Waals surface area (Å²) < 4.78 is 0.892. The summed E-state index contributed by atoms with van der Waals surface area (Å²) in [6.45, 7) is 1.94. The molecule has 0 amide bonds. The van der Waals surface area contributed by atoms with Crippen molar-refractivity contribution in [3.8, 4) is 0 Å². The van der Waals surface area contributed by atoms with Crippen molar-refractivity contribution >= 4 is 50.6 Å². The molecule has 2 rings (SSSR count). The standard InChI is InChI=1S/C14H12BrClN2O2/c1-7-2-8(15)4-10(3-7)18-13-11(14(19)20)5-9(17)6-12(13)16/h2-6,18H,17H2,1H3,(H,19,20). The van der Waals surface area contributed by atoms with Crippen LogP contribution in [0.5, 0.6) is 0 Å². The number of nitrogens with one attached hydrogen (secondary N) is 1. The lowest BCUT2D eigenvalue weighted by Crippen LogP contribution is -2.05. The molecule has 0 aliphatic rings. The van der Waals surface area contributed by atoms with Gasteiger partial charge in [0.2, 0.25) is 0 Å². The molecule has 0 heterocycles. The molecule has 104 valence electrons. The van der Waals surface area contributed by atoms with E-state index in [0.29, 0.717) is 11.4 Å². The van der Waals surface area contributed by atoms with E-state index in [-0.39, 0.29) is 10.6 Å². The highest BCUT2D eigenvalue weighted by Gasteiger charge is 2.15. The quantitative estimate of drug-likeness (QED) is 0.712. The number of nitrogen functional groups attached to an aromatic ring is 1. The molecule has 4 nitrogen and oxygen atoms in total. The van der Waals surface area contributed by atoms with Gasteiger partial charge in [-0.15, -0.1) is 0 Å². The van der Waals surface area contributed by atoms with Crippen LogP contribution in [0.3, 0.4) is 0 Å². The van der Waals surface area contributed by atoms with Crippen molar-refractivity contribution in [3.63, 3.8) is 0 Å². The van der Waals surface area contributed by atoms with Crippen LogP contribution < -0.4 is 11.1 Å². The molecule has 2 aromatic carbocycles. The number of benzene rings is 2. The normalized spacial score (nSPS) is 10.3. The third-order valence-corrected chi connectivity index (χ3v) is 3.41. The van der Waals surface area contributed by atoms with Crippen molar-refractivity contribution in [2.24, 2.45) is 0 Å². The Hall–Kier alpha value is -1.72. The number of halogens is 2.